The van der Waals surface area contributed by atoms with Gasteiger partial charge in [-0.05, 0) is 99.7 Å². The van der Waals surface area contributed by atoms with Crippen molar-refractivity contribution >= 4 is 5.97 Å². The van der Waals surface area contributed by atoms with Gasteiger partial charge in [-0.3, -0.25) is 4.79 Å². The average Bonchev–Trinajstić information content (AvgIpc) is 3.25. The zero-order valence-electron chi connectivity index (χ0n) is 17.8. The average molecular weight is 602 g/mol. The van der Waals surface area contributed by atoms with Crippen LogP contribution in [0.3, 0.4) is 0 Å². The molecule has 4 bridgehead atoms. The predicted molar refractivity (Wildman–Crippen MR) is 107 cm³/mol. The van der Waals surface area contributed by atoms with Gasteiger partial charge in [0.1, 0.15) is 5.60 Å². The van der Waals surface area contributed by atoms with Gasteiger partial charge in [0.2, 0.25) is 0 Å². The van der Waals surface area contributed by atoms with Crippen molar-refractivity contribution in [2.24, 2.45) is 35.5 Å². The fourth-order valence-electron chi connectivity index (χ4n) is 6.93. The van der Waals surface area contributed by atoms with E-state index in [1.54, 1.807) is 0 Å². The summed E-state index contributed by atoms with van der Waals surface area (Å²) in [5, 5.41) is 10.4. The van der Waals surface area contributed by atoms with Gasteiger partial charge in [0.05, 0.1) is 12.5 Å². The van der Waals surface area contributed by atoms with Gasteiger partial charge in [-0.2, -0.15) is 0 Å². The number of aliphatic hydroxyl groups excluding tert-OH is 1. The second kappa shape index (κ2) is 9.83. The van der Waals surface area contributed by atoms with Crippen molar-refractivity contribution in [3.05, 3.63) is 12.2 Å². The SMILES string of the molecule is CCC1(OC(=O)CC(O)CCC2CC3C=CC2C3)CCC2CC(C)CC1C2.[Ac]. The minimum absolute atomic E-state index is 0. The van der Waals surface area contributed by atoms with Gasteiger partial charge in [0.25, 0.3) is 0 Å². The molecule has 0 aromatic carbocycles. The van der Waals surface area contributed by atoms with Crippen LogP contribution < -0.4 is 0 Å². The number of carbonyl (C=O) groups is 1. The molecule has 3 fully saturated rings. The maximum atomic E-state index is 12.7. The molecule has 4 rings (SSSR count). The molecule has 0 spiro atoms. The molecule has 4 aliphatic carbocycles. The number of aliphatic hydroxyl groups is 1. The van der Waals surface area contributed by atoms with Crippen LogP contribution in [-0.2, 0) is 9.53 Å². The Balaban J connectivity index is 0.00000225. The molecule has 4 heteroatoms. The second-order valence-electron chi connectivity index (χ2n) is 10.3. The monoisotopic (exact) mass is 601 g/mol. The number of esters is 1. The quantitative estimate of drug-likeness (QED) is 0.320. The van der Waals surface area contributed by atoms with Gasteiger partial charge in [0.15, 0.2) is 0 Å². The van der Waals surface area contributed by atoms with E-state index in [0.717, 1.165) is 49.4 Å². The summed E-state index contributed by atoms with van der Waals surface area (Å²) in [6.45, 7) is 4.52. The van der Waals surface area contributed by atoms with E-state index in [4.69, 9.17) is 4.74 Å². The van der Waals surface area contributed by atoms with Gasteiger partial charge in [0, 0.05) is 44.1 Å². The van der Waals surface area contributed by atoms with Gasteiger partial charge in [-0.15, -0.1) is 0 Å². The first kappa shape index (κ1) is 23.3. The molecule has 0 amide bonds. The number of ether oxygens (including phenoxy) is 1. The van der Waals surface area contributed by atoms with Gasteiger partial charge < -0.3 is 9.84 Å². The van der Waals surface area contributed by atoms with Crippen molar-refractivity contribution in [1.29, 1.82) is 0 Å². The number of carbonyl (C=O) groups excluding carboxylic acids is 1. The molecule has 0 heterocycles. The molecule has 3 nitrogen and oxygen atoms in total. The first-order valence-corrected chi connectivity index (χ1v) is 11.6. The summed E-state index contributed by atoms with van der Waals surface area (Å²) in [5.74, 6) is 4.14. The zero-order valence-corrected chi connectivity index (χ0v) is 22.6. The van der Waals surface area contributed by atoms with Crippen LogP contribution in [0.25, 0.3) is 0 Å². The molecule has 28 heavy (non-hydrogen) atoms. The van der Waals surface area contributed by atoms with Gasteiger partial charge in [-0.1, -0.05) is 26.0 Å². The van der Waals surface area contributed by atoms with Gasteiger partial charge >= 0.3 is 5.97 Å². The van der Waals surface area contributed by atoms with Crippen LogP contribution in [0.2, 0.25) is 0 Å². The molecule has 8 unspecified atom stereocenters. The van der Waals surface area contributed by atoms with E-state index in [1.807, 2.05) is 0 Å². The van der Waals surface area contributed by atoms with Crippen molar-refractivity contribution in [3.63, 3.8) is 0 Å². The van der Waals surface area contributed by atoms with Crippen LogP contribution in [0.5, 0.6) is 0 Å². The van der Waals surface area contributed by atoms with Crippen LogP contribution >= 0.6 is 0 Å². The molecule has 3 saturated carbocycles. The minimum atomic E-state index is -0.545. The summed E-state index contributed by atoms with van der Waals surface area (Å²) in [5.41, 5.74) is -0.266. The fraction of sp³-hybridized carbons (Fsp3) is 0.875. The van der Waals surface area contributed by atoms with Crippen LogP contribution in [-0.4, -0.2) is 22.8 Å². The number of rotatable bonds is 7. The molecule has 1 radical (unpaired) electrons. The smallest absolute Gasteiger partial charge is 0.308 e. The van der Waals surface area contributed by atoms with Gasteiger partial charge in [-0.25, -0.2) is 0 Å². The Hall–Kier alpha value is 0.612. The van der Waals surface area contributed by atoms with E-state index in [1.165, 1.54) is 38.5 Å². The van der Waals surface area contributed by atoms with Crippen molar-refractivity contribution < 1.29 is 58.7 Å². The molecule has 0 aromatic rings. The molecule has 4 aliphatic rings. The fourth-order valence-corrected chi connectivity index (χ4v) is 6.93. The van der Waals surface area contributed by atoms with Crippen LogP contribution in [0, 0.1) is 79.6 Å². The predicted octanol–water partition coefficient (Wildman–Crippen LogP) is 5.27. The first-order chi connectivity index (χ1) is 13.0. The summed E-state index contributed by atoms with van der Waals surface area (Å²) in [4.78, 5) is 12.7. The second-order valence-corrected chi connectivity index (χ2v) is 10.3. The zero-order chi connectivity index (χ0) is 19.0. The van der Waals surface area contributed by atoms with Crippen molar-refractivity contribution in [1.82, 2.24) is 0 Å². The number of hydrogen-bond acceptors (Lipinski definition) is 3. The molecule has 0 aliphatic heterocycles. The van der Waals surface area contributed by atoms with E-state index < -0.39 is 6.10 Å². The number of hydrogen-bond donors (Lipinski definition) is 1. The maximum absolute atomic E-state index is 12.7. The topological polar surface area (TPSA) is 46.5 Å². The van der Waals surface area contributed by atoms with Crippen LogP contribution in [0.1, 0.15) is 84.5 Å². The summed E-state index contributed by atoms with van der Waals surface area (Å²) < 4.78 is 6.14. The number of allylic oxidation sites excluding steroid dienone is 2. The Morgan fingerprint density at radius 3 is 2.71 bits per heavy atom. The van der Waals surface area contributed by atoms with E-state index in [2.05, 4.69) is 26.0 Å². The van der Waals surface area contributed by atoms with E-state index >= 15 is 0 Å². The van der Waals surface area contributed by atoms with Crippen molar-refractivity contribution in [2.75, 3.05) is 0 Å². The van der Waals surface area contributed by atoms with E-state index in [9.17, 15) is 9.90 Å². The minimum Gasteiger partial charge on any atom is -0.459 e. The molecular weight excluding hydrogens is 563 g/mol. The van der Waals surface area contributed by atoms with Crippen molar-refractivity contribution in [3.8, 4) is 0 Å². The molecule has 155 valence electrons. The molecule has 8 atom stereocenters. The third-order valence-electron chi connectivity index (χ3n) is 8.37. The summed E-state index contributed by atoms with van der Waals surface area (Å²) in [6, 6.07) is 0. The Kier molecular flexibility index (Phi) is 8.17. The molecule has 0 aromatic heterocycles. The summed E-state index contributed by atoms with van der Waals surface area (Å²) >= 11 is 0. The van der Waals surface area contributed by atoms with E-state index in [-0.39, 0.29) is 62.1 Å². The molecule has 0 saturated heterocycles. The van der Waals surface area contributed by atoms with Crippen molar-refractivity contribution in [2.45, 2.75) is 96.2 Å². The normalized spacial score (nSPS) is 42.1. The Labute approximate surface area is 207 Å². The third-order valence-corrected chi connectivity index (χ3v) is 8.37. The first-order valence-electron chi connectivity index (χ1n) is 11.6. The summed E-state index contributed by atoms with van der Waals surface area (Å²) in [6.07, 6.45) is 15.6. The van der Waals surface area contributed by atoms with Crippen LogP contribution in [0.15, 0.2) is 12.2 Å². The third kappa shape index (κ3) is 5.08. The molecular formula is C24H38AcO3. The maximum Gasteiger partial charge on any atom is 0.308 e. The number of fused-ring (bicyclic) bond motifs is 4. The van der Waals surface area contributed by atoms with E-state index in [0.29, 0.717) is 11.8 Å². The van der Waals surface area contributed by atoms with Crippen LogP contribution in [0.4, 0.5) is 0 Å². The Bertz CT molecular complexity index is 574. The molecule has 1 N–H and O–H groups in total. The Morgan fingerprint density at radius 1 is 1.21 bits per heavy atom. The standard InChI is InChI=1S/C24H38O3.Ac/c1-3-24(9-8-18-10-16(2)11-21(24)14-18)27-23(26)15-22(25)7-6-20-13-17-4-5-19(20)12-17;/h4-5,16-22,25H,3,6-15H2,1-2H3;. The Morgan fingerprint density at radius 2 is 2.04 bits per heavy atom. The largest absolute Gasteiger partial charge is 0.459 e. The summed E-state index contributed by atoms with van der Waals surface area (Å²) in [7, 11) is 0.